The molecule has 0 aliphatic rings. The van der Waals surface area contributed by atoms with Crippen LogP contribution in [0.3, 0.4) is 0 Å². The van der Waals surface area contributed by atoms with Crippen LogP contribution in [0.2, 0.25) is 5.02 Å². The van der Waals surface area contributed by atoms with Crippen LogP contribution in [0.5, 0.6) is 0 Å². The number of furan rings is 1. The van der Waals surface area contributed by atoms with Crippen molar-refractivity contribution in [2.45, 2.75) is 34.6 Å². The van der Waals surface area contributed by atoms with Crippen LogP contribution in [0.25, 0.3) is 71.3 Å². The Labute approximate surface area is 249 Å². The Morgan fingerprint density at radius 2 is 1.26 bits per heavy atom. The number of halogens is 1. The molecular formula is C39H30ClNO. The summed E-state index contributed by atoms with van der Waals surface area (Å²) in [6.07, 6.45) is 0. The molecule has 0 amide bonds. The van der Waals surface area contributed by atoms with Crippen LogP contribution in [0, 0.1) is 34.6 Å². The normalized spacial score (nSPS) is 12.0. The molecule has 8 aromatic rings. The van der Waals surface area contributed by atoms with Gasteiger partial charge in [0, 0.05) is 27.2 Å². The first kappa shape index (κ1) is 25.2. The zero-order chi connectivity index (χ0) is 28.9. The SMILES string of the molecule is Cc1cc(C)c(-c2cc(Cl)c3c(c2)c2ccc(C)cc2n3-c2ccc3cc4oc5cc(C)ccc5c4cc3c2)c(C)c1. The molecule has 2 aromatic heterocycles. The second kappa shape index (κ2) is 8.98. The predicted octanol–water partition coefficient (Wildman–Crippen LogP) is 11.7. The predicted molar refractivity (Wildman–Crippen MR) is 180 cm³/mol. The molecule has 0 bridgehead atoms. The maximum Gasteiger partial charge on any atom is 0.136 e. The monoisotopic (exact) mass is 563 g/mol. The van der Waals surface area contributed by atoms with E-state index in [0.29, 0.717) is 0 Å². The maximum atomic E-state index is 7.24. The molecule has 6 aromatic carbocycles. The Bertz CT molecular complexity index is 2400. The third-order valence-electron chi connectivity index (χ3n) is 8.76. The lowest BCUT2D eigenvalue weighted by Gasteiger charge is -2.14. The Kier molecular flexibility index (Phi) is 5.39. The molecule has 0 saturated carbocycles. The lowest BCUT2D eigenvalue weighted by Crippen LogP contribution is -1.95. The van der Waals surface area contributed by atoms with Crippen molar-refractivity contribution in [2.24, 2.45) is 0 Å². The van der Waals surface area contributed by atoms with Gasteiger partial charge in [0.2, 0.25) is 0 Å². The van der Waals surface area contributed by atoms with Crippen molar-refractivity contribution < 1.29 is 4.42 Å². The Morgan fingerprint density at radius 3 is 2.05 bits per heavy atom. The van der Waals surface area contributed by atoms with Crippen LogP contribution in [-0.2, 0) is 0 Å². The zero-order valence-electron chi connectivity index (χ0n) is 24.4. The minimum Gasteiger partial charge on any atom is -0.456 e. The number of benzene rings is 6. The summed E-state index contributed by atoms with van der Waals surface area (Å²) in [7, 11) is 0. The summed E-state index contributed by atoms with van der Waals surface area (Å²) in [4.78, 5) is 0. The topological polar surface area (TPSA) is 18.1 Å². The summed E-state index contributed by atoms with van der Waals surface area (Å²) < 4.78 is 8.57. The molecule has 0 aliphatic carbocycles. The van der Waals surface area contributed by atoms with Crippen molar-refractivity contribution in [3.8, 4) is 16.8 Å². The highest BCUT2D eigenvalue weighted by molar-refractivity contribution is 6.37. The molecule has 0 unspecified atom stereocenters. The molecule has 0 saturated heterocycles. The first-order valence-corrected chi connectivity index (χ1v) is 14.8. The second-order valence-corrected chi connectivity index (χ2v) is 12.4. The molecule has 8 rings (SSSR count). The number of aryl methyl sites for hydroxylation is 5. The van der Waals surface area contributed by atoms with Crippen LogP contribution >= 0.6 is 11.6 Å². The second-order valence-electron chi connectivity index (χ2n) is 12.0. The quantitative estimate of drug-likeness (QED) is 0.204. The summed E-state index contributed by atoms with van der Waals surface area (Å²) in [6.45, 7) is 10.8. The van der Waals surface area contributed by atoms with E-state index in [0.717, 1.165) is 54.6 Å². The lowest BCUT2D eigenvalue weighted by atomic mass is 9.93. The first-order valence-electron chi connectivity index (χ1n) is 14.4. The van der Waals surface area contributed by atoms with E-state index in [2.05, 4.69) is 130 Å². The molecule has 2 nitrogen and oxygen atoms in total. The molecule has 204 valence electrons. The van der Waals surface area contributed by atoms with Gasteiger partial charge in [-0.3, -0.25) is 0 Å². The van der Waals surface area contributed by atoms with Gasteiger partial charge in [0.1, 0.15) is 11.2 Å². The molecule has 42 heavy (non-hydrogen) atoms. The standard InChI is InChI=1S/C39H30ClNO/c1-21-6-10-30-33-18-28(38-24(4)12-23(3)13-25(38)5)19-34(40)39(33)41(35(30)14-21)29-9-8-26-20-37-32(17-27(26)16-29)31-11-7-22(2)15-36(31)42-37/h6-20H,1-5H3. The summed E-state index contributed by atoms with van der Waals surface area (Å²) in [6, 6.07) is 33.2. The number of rotatable bonds is 2. The molecule has 0 atom stereocenters. The van der Waals surface area contributed by atoms with E-state index in [1.54, 1.807) is 0 Å². The van der Waals surface area contributed by atoms with Gasteiger partial charge in [-0.1, -0.05) is 59.6 Å². The number of hydrogen-bond acceptors (Lipinski definition) is 1. The fourth-order valence-corrected chi connectivity index (χ4v) is 7.31. The molecule has 0 spiro atoms. The van der Waals surface area contributed by atoms with Gasteiger partial charge in [-0.2, -0.15) is 0 Å². The van der Waals surface area contributed by atoms with Crippen molar-refractivity contribution >= 4 is 66.1 Å². The number of fused-ring (bicyclic) bond motifs is 7. The highest BCUT2D eigenvalue weighted by Gasteiger charge is 2.19. The van der Waals surface area contributed by atoms with Crippen molar-refractivity contribution in [1.82, 2.24) is 4.57 Å². The minimum atomic E-state index is 0.752. The average Bonchev–Trinajstić information content (AvgIpc) is 3.45. The molecule has 3 heteroatoms. The smallest absolute Gasteiger partial charge is 0.136 e. The van der Waals surface area contributed by atoms with Gasteiger partial charge in [0.15, 0.2) is 0 Å². The molecule has 0 N–H and O–H groups in total. The van der Waals surface area contributed by atoms with E-state index in [4.69, 9.17) is 16.0 Å². The third-order valence-corrected chi connectivity index (χ3v) is 9.05. The van der Waals surface area contributed by atoms with Gasteiger partial charge < -0.3 is 8.98 Å². The highest BCUT2D eigenvalue weighted by atomic mass is 35.5. The van der Waals surface area contributed by atoms with E-state index in [9.17, 15) is 0 Å². The fourth-order valence-electron chi connectivity index (χ4n) is 7.01. The maximum absolute atomic E-state index is 7.24. The van der Waals surface area contributed by atoms with E-state index in [-0.39, 0.29) is 0 Å². The number of nitrogens with zero attached hydrogens (tertiary/aromatic N) is 1. The third kappa shape index (κ3) is 3.72. The molecule has 0 aliphatic heterocycles. The van der Waals surface area contributed by atoms with Gasteiger partial charge in [-0.15, -0.1) is 0 Å². The van der Waals surface area contributed by atoms with Gasteiger partial charge in [-0.25, -0.2) is 0 Å². The van der Waals surface area contributed by atoms with Crippen LogP contribution in [-0.4, -0.2) is 4.57 Å². The minimum absolute atomic E-state index is 0.752. The zero-order valence-corrected chi connectivity index (χ0v) is 25.1. The van der Waals surface area contributed by atoms with Gasteiger partial charge in [-0.05, 0) is 127 Å². The summed E-state index contributed by atoms with van der Waals surface area (Å²) >= 11 is 7.24. The van der Waals surface area contributed by atoms with E-state index >= 15 is 0 Å². The van der Waals surface area contributed by atoms with Crippen LogP contribution < -0.4 is 0 Å². The van der Waals surface area contributed by atoms with Crippen molar-refractivity contribution in [3.63, 3.8) is 0 Å². The fraction of sp³-hybridized carbons (Fsp3) is 0.128. The molecule has 0 radical (unpaired) electrons. The van der Waals surface area contributed by atoms with Crippen LogP contribution in [0.1, 0.15) is 27.8 Å². The summed E-state index contributed by atoms with van der Waals surface area (Å²) in [5.41, 5.74) is 13.8. The Hall–Kier alpha value is -4.53. The van der Waals surface area contributed by atoms with Crippen LogP contribution in [0.15, 0.2) is 95.4 Å². The van der Waals surface area contributed by atoms with Crippen molar-refractivity contribution in [1.29, 1.82) is 0 Å². The number of hydrogen-bond donors (Lipinski definition) is 0. The molecule has 0 fully saturated rings. The largest absolute Gasteiger partial charge is 0.456 e. The first-order chi connectivity index (χ1) is 20.2. The summed E-state index contributed by atoms with van der Waals surface area (Å²) in [5.74, 6) is 0. The Morgan fingerprint density at radius 1 is 0.548 bits per heavy atom. The molecular weight excluding hydrogens is 534 g/mol. The van der Waals surface area contributed by atoms with Crippen LogP contribution in [0.4, 0.5) is 0 Å². The average molecular weight is 564 g/mol. The van der Waals surface area contributed by atoms with Gasteiger partial charge >= 0.3 is 0 Å². The van der Waals surface area contributed by atoms with Gasteiger partial charge in [0.05, 0.1) is 16.1 Å². The highest BCUT2D eigenvalue weighted by Crippen LogP contribution is 2.42. The van der Waals surface area contributed by atoms with Crippen molar-refractivity contribution in [2.75, 3.05) is 0 Å². The lowest BCUT2D eigenvalue weighted by molar-refractivity contribution is 0.669. The Balaban J connectivity index is 1.41. The van der Waals surface area contributed by atoms with Gasteiger partial charge in [0.25, 0.3) is 0 Å². The number of aromatic nitrogens is 1. The van der Waals surface area contributed by atoms with E-state index in [1.165, 1.54) is 49.5 Å². The van der Waals surface area contributed by atoms with Crippen molar-refractivity contribution in [3.05, 3.63) is 124 Å². The molecule has 2 heterocycles. The van der Waals surface area contributed by atoms with E-state index in [1.807, 2.05) is 0 Å². The van der Waals surface area contributed by atoms with E-state index < -0.39 is 0 Å². The summed E-state index contributed by atoms with van der Waals surface area (Å²) in [5, 5.41) is 7.73.